The number of likely N-dealkylation sites (tertiary alicyclic amines) is 1. The van der Waals surface area contributed by atoms with Crippen LogP contribution in [0.5, 0.6) is 0 Å². The lowest BCUT2D eigenvalue weighted by Crippen LogP contribution is -2.54. The van der Waals surface area contributed by atoms with Gasteiger partial charge in [-0.15, -0.1) is 0 Å². The number of hydrogen-bond acceptors (Lipinski definition) is 4. The van der Waals surface area contributed by atoms with Crippen molar-refractivity contribution in [2.24, 2.45) is 11.7 Å². The average Bonchev–Trinajstić information content (AvgIpc) is 2.38. The van der Waals surface area contributed by atoms with Crippen molar-refractivity contribution < 1.29 is 9.53 Å². The predicted octanol–water partition coefficient (Wildman–Crippen LogP) is 0.588. The van der Waals surface area contributed by atoms with E-state index in [4.69, 9.17) is 10.5 Å². The number of piperidine rings is 1. The normalized spacial score (nSPS) is 21.2. The number of carbonyl (C=O) groups excluding carboxylic acids is 1. The van der Waals surface area contributed by atoms with Crippen LogP contribution in [0.1, 0.15) is 33.1 Å². The minimum absolute atomic E-state index is 0.261. The maximum atomic E-state index is 11.5. The Hall–Kier alpha value is -0.650. The van der Waals surface area contributed by atoms with Crippen LogP contribution in [0, 0.1) is 5.92 Å². The minimum Gasteiger partial charge on any atom is -0.384 e. The van der Waals surface area contributed by atoms with Crippen LogP contribution in [-0.4, -0.2) is 56.2 Å². The monoisotopic (exact) mass is 271 g/mol. The Labute approximate surface area is 116 Å². The Balaban J connectivity index is 2.34. The van der Waals surface area contributed by atoms with Crippen LogP contribution in [0.4, 0.5) is 0 Å². The van der Waals surface area contributed by atoms with E-state index >= 15 is 0 Å². The standard InChI is InChI=1S/C14H29N3O2/c1-4-16-14(2,13(15)18)7-10-17-8-5-12(6-9-17)11-19-3/h12,16H,4-11H2,1-3H3,(H2,15,18). The lowest BCUT2D eigenvalue weighted by molar-refractivity contribution is -0.124. The average molecular weight is 271 g/mol. The van der Waals surface area contributed by atoms with Gasteiger partial charge in [0.15, 0.2) is 0 Å². The van der Waals surface area contributed by atoms with E-state index in [2.05, 4.69) is 10.2 Å². The van der Waals surface area contributed by atoms with Gasteiger partial charge in [-0.3, -0.25) is 4.79 Å². The van der Waals surface area contributed by atoms with Crippen LogP contribution in [0.15, 0.2) is 0 Å². The van der Waals surface area contributed by atoms with Crippen LogP contribution < -0.4 is 11.1 Å². The summed E-state index contributed by atoms with van der Waals surface area (Å²) < 4.78 is 5.20. The van der Waals surface area contributed by atoms with Crippen molar-refractivity contribution in [1.29, 1.82) is 0 Å². The largest absolute Gasteiger partial charge is 0.384 e. The van der Waals surface area contributed by atoms with Gasteiger partial charge in [-0.25, -0.2) is 0 Å². The topological polar surface area (TPSA) is 67.6 Å². The molecule has 1 amide bonds. The second-order valence-electron chi connectivity index (χ2n) is 5.72. The number of carbonyl (C=O) groups is 1. The molecule has 19 heavy (non-hydrogen) atoms. The molecule has 5 nitrogen and oxygen atoms in total. The third-order valence-electron chi connectivity index (χ3n) is 4.15. The summed E-state index contributed by atoms with van der Waals surface area (Å²) in [5.74, 6) is 0.432. The molecule has 0 saturated carbocycles. The molecule has 0 aromatic heterocycles. The molecular formula is C14H29N3O2. The van der Waals surface area contributed by atoms with Crippen LogP contribution in [0.2, 0.25) is 0 Å². The number of hydrogen-bond donors (Lipinski definition) is 2. The Morgan fingerprint density at radius 1 is 1.47 bits per heavy atom. The molecule has 0 radical (unpaired) electrons. The molecule has 0 aromatic rings. The highest BCUT2D eigenvalue weighted by molar-refractivity contribution is 5.84. The van der Waals surface area contributed by atoms with Crippen molar-refractivity contribution in [3.8, 4) is 0 Å². The quantitative estimate of drug-likeness (QED) is 0.678. The highest BCUT2D eigenvalue weighted by Gasteiger charge is 2.30. The molecule has 1 aliphatic heterocycles. The molecule has 1 atom stereocenters. The molecule has 1 rings (SSSR count). The van der Waals surface area contributed by atoms with Gasteiger partial charge < -0.3 is 20.7 Å². The van der Waals surface area contributed by atoms with Crippen LogP contribution >= 0.6 is 0 Å². The molecule has 1 heterocycles. The molecule has 0 aromatic carbocycles. The van der Waals surface area contributed by atoms with Crippen molar-refractivity contribution in [3.63, 3.8) is 0 Å². The summed E-state index contributed by atoms with van der Waals surface area (Å²) in [5, 5.41) is 3.21. The van der Waals surface area contributed by atoms with E-state index in [9.17, 15) is 4.79 Å². The van der Waals surface area contributed by atoms with Crippen molar-refractivity contribution in [2.75, 3.05) is 39.9 Å². The summed E-state index contributed by atoms with van der Waals surface area (Å²) in [6, 6.07) is 0. The number of nitrogens with two attached hydrogens (primary N) is 1. The molecule has 0 bridgehead atoms. The lowest BCUT2D eigenvalue weighted by Gasteiger charge is -2.34. The van der Waals surface area contributed by atoms with Gasteiger partial charge >= 0.3 is 0 Å². The van der Waals surface area contributed by atoms with Gasteiger partial charge in [-0.05, 0) is 51.7 Å². The zero-order valence-electron chi connectivity index (χ0n) is 12.6. The molecule has 1 saturated heterocycles. The molecule has 1 fully saturated rings. The number of methoxy groups -OCH3 is 1. The summed E-state index contributed by atoms with van der Waals surface area (Å²) in [6.45, 7) is 8.63. The first-order valence-corrected chi connectivity index (χ1v) is 7.28. The van der Waals surface area contributed by atoms with E-state index < -0.39 is 5.54 Å². The summed E-state index contributed by atoms with van der Waals surface area (Å²) in [5.41, 5.74) is 4.91. The minimum atomic E-state index is -0.585. The summed E-state index contributed by atoms with van der Waals surface area (Å²) in [6.07, 6.45) is 3.13. The van der Waals surface area contributed by atoms with Crippen LogP contribution in [0.25, 0.3) is 0 Å². The second kappa shape index (κ2) is 7.82. The van der Waals surface area contributed by atoms with E-state index in [-0.39, 0.29) is 5.91 Å². The molecule has 0 spiro atoms. The second-order valence-corrected chi connectivity index (χ2v) is 5.72. The molecule has 5 heteroatoms. The highest BCUT2D eigenvalue weighted by atomic mass is 16.5. The summed E-state index contributed by atoms with van der Waals surface area (Å²) in [7, 11) is 1.76. The van der Waals surface area contributed by atoms with Crippen molar-refractivity contribution in [3.05, 3.63) is 0 Å². The predicted molar refractivity (Wildman–Crippen MR) is 76.9 cm³/mol. The Kier molecular flexibility index (Phi) is 6.75. The van der Waals surface area contributed by atoms with E-state index in [0.717, 1.165) is 39.2 Å². The first kappa shape index (κ1) is 16.4. The number of nitrogens with zero attached hydrogens (tertiary/aromatic N) is 1. The van der Waals surface area contributed by atoms with Crippen molar-refractivity contribution >= 4 is 5.91 Å². The van der Waals surface area contributed by atoms with Gasteiger partial charge in [0.2, 0.25) is 5.91 Å². The highest BCUT2D eigenvalue weighted by Crippen LogP contribution is 2.19. The molecule has 3 N–H and O–H groups in total. The zero-order chi connectivity index (χ0) is 14.3. The van der Waals surface area contributed by atoms with E-state index in [0.29, 0.717) is 5.92 Å². The fourth-order valence-electron chi connectivity index (χ4n) is 2.68. The third-order valence-corrected chi connectivity index (χ3v) is 4.15. The Bertz CT molecular complexity index is 278. The molecule has 1 unspecified atom stereocenters. The lowest BCUT2D eigenvalue weighted by atomic mass is 9.94. The Morgan fingerprint density at radius 3 is 2.58 bits per heavy atom. The van der Waals surface area contributed by atoms with Crippen molar-refractivity contribution in [1.82, 2.24) is 10.2 Å². The first-order chi connectivity index (χ1) is 9.01. The van der Waals surface area contributed by atoms with Gasteiger partial charge in [-0.1, -0.05) is 6.92 Å². The number of nitrogens with one attached hydrogen (secondary N) is 1. The van der Waals surface area contributed by atoms with Crippen LogP contribution in [-0.2, 0) is 9.53 Å². The van der Waals surface area contributed by atoms with Gasteiger partial charge in [0.25, 0.3) is 0 Å². The summed E-state index contributed by atoms with van der Waals surface area (Å²) in [4.78, 5) is 14.0. The van der Waals surface area contributed by atoms with E-state index in [1.807, 2.05) is 13.8 Å². The van der Waals surface area contributed by atoms with Gasteiger partial charge in [0.05, 0.1) is 5.54 Å². The maximum absolute atomic E-state index is 11.5. The fraction of sp³-hybridized carbons (Fsp3) is 0.929. The number of primary amides is 1. The number of likely N-dealkylation sites (N-methyl/N-ethyl adjacent to an activating group) is 1. The fourth-order valence-corrected chi connectivity index (χ4v) is 2.68. The van der Waals surface area contributed by atoms with Crippen molar-refractivity contribution in [2.45, 2.75) is 38.6 Å². The third kappa shape index (κ3) is 5.09. The van der Waals surface area contributed by atoms with E-state index in [1.54, 1.807) is 7.11 Å². The smallest absolute Gasteiger partial charge is 0.237 e. The molecule has 112 valence electrons. The summed E-state index contributed by atoms with van der Waals surface area (Å²) >= 11 is 0. The molecule has 0 aliphatic carbocycles. The zero-order valence-corrected chi connectivity index (χ0v) is 12.6. The Morgan fingerprint density at radius 2 is 2.11 bits per heavy atom. The first-order valence-electron chi connectivity index (χ1n) is 7.28. The maximum Gasteiger partial charge on any atom is 0.237 e. The number of rotatable bonds is 8. The molecular weight excluding hydrogens is 242 g/mol. The number of ether oxygens (including phenoxy) is 1. The SMILES string of the molecule is CCNC(C)(CCN1CCC(COC)CC1)C(N)=O. The van der Waals surface area contributed by atoms with Crippen LogP contribution in [0.3, 0.4) is 0 Å². The van der Waals surface area contributed by atoms with Gasteiger partial charge in [0.1, 0.15) is 0 Å². The van der Waals surface area contributed by atoms with Gasteiger partial charge in [-0.2, -0.15) is 0 Å². The van der Waals surface area contributed by atoms with E-state index in [1.165, 1.54) is 12.8 Å². The molecule has 1 aliphatic rings. The number of amides is 1. The van der Waals surface area contributed by atoms with Gasteiger partial charge in [0, 0.05) is 20.3 Å².